The molecular formula is C16H21F3N2OS. The fourth-order valence-electron chi connectivity index (χ4n) is 2.32. The molecule has 1 aliphatic rings. The molecule has 23 heavy (non-hydrogen) atoms. The highest BCUT2D eigenvalue weighted by atomic mass is 32.2. The molecule has 1 aliphatic heterocycles. The van der Waals surface area contributed by atoms with E-state index in [4.69, 9.17) is 0 Å². The van der Waals surface area contributed by atoms with Crippen molar-refractivity contribution in [2.24, 2.45) is 0 Å². The number of hydrogen-bond acceptors (Lipinski definition) is 2. The van der Waals surface area contributed by atoms with Gasteiger partial charge in [0.1, 0.15) is 5.82 Å². The molecule has 1 saturated heterocycles. The molecule has 1 aromatic rings. The summed E-state index contributed by atoms with van der Waals surface area (Å²) in [4.78, 5) is 13.3. The van der Waals surface area contributed by atoms with E-state index in [1.54, 1.807) is 30.0 Å². The van der Waals surface area contributed by atoms with Crippen LogP contribution in [0.2, 0.25) is 0 Å². The number of amides is 2. The lowest BCUT2D eigenvalue weighted by atomic mass is 10.1. The Morgan fingerprint density at radius 1 is 1.26 bits per heavy atom. The summed E-state index contributed by atoms with van der Waals surface area (Å²) in [7, 11) is 0. The van der Waals surface area contributed by atoms with E-state index in [9.17, 15) is 18.0 Å². The number of carbonyl (C=O) groups excluding carboxylic acids is 1. The first-order chi connectivity index (χ1) is 11.0. The number of hydrogen-bond donors (Lipinski definition) is 1. The Kier molecular flexibility index (Phi) is 6.62. The summed E-state index contributed by atoms with van der Waals surface area (Å²) >= 11 is 1.60. The molecule has 1 fully saturated rings. The van der Waals surface area contributed by atoms with Crippen molar-refractivity contribution >= 4 is 17.8 Å². The van der Waals surface area contributed by atoms with E-state index >= 15 is 0 Å². The van der Waals surface area contributed by atoms with Gasteiger partial charge < -0.3 is 10.2 Å². The van der Waals surface area contributed by atoms with Crippen LogP contribution in [0.1, 0.15) is 24.8 Å². The quantitative estimate of drug-likeness (QED) is 0.793. The number of nitrogens with zero attached hydrogens (tertiary/aromatic N) is 1. The number of likely N-dealkylation sites (tertiary alicyclic amines) is 1. The van der Waals surface area contributed by atoms with Gasteiger partial charge in [-0.1, -0.05) is 18.2 Å². The maximum atomic E-state index is 13.4. The van der Waals surface area contributed by atoms with E-state index in [1.165, 1.54) is 11.0 Å². The number of benzene rings is 1. The van der Waals surface area contributed by atoms with E-state index in [0.717, 1.165) is 12.2 Å². The molecule has 0 radical (unpaired) electrons. The Bertz CT molecular complexity index is 518. The largest absolute Gasteiger partial charge is 0.338 e. The highest BCUT2D eigenvalue weighted by molar-refractivity contribution is 7.98. The van der Waals surface area contributed by atoms with E-state index in [1.807, 2.05) is 0 Å². The number of alkyl halides is 2. The minimum absolute atomic E-state index is 0.0981. The van der Waals surface area contributed by atoms with E-state index in [0.29, 0.717) is 17.9 Å². The third-order valence-corrected chi connectivity index (χ3v) is 4.83. The van der Waals surface area contributed by atoms with Crippen LogP contribution in [0.25, 0.3) is 0 Å². The minimum Gasteiger partial charge on any atom is -0.338 e. The molecule has 0 spiro atoms. The van der Waals surface area contributed by atoms with E-state index in [2.05, 4.69) is 5.32 Å². The Labute approximate surface area is 138 Å². The Morgan fingerprint density at radius 3 is 2.65 bits per heavy atom. The number of thioether (sulfide) groups is 1. The third-order valence-electron chi connectivity index (χ3n) is 3.74. The van der Waals surface area contributed by atoms with Crippen molar-refractivity contribution < 1.29 is 18.0 Å². The van der Waals surface area contributed by atoms with Gasteiger partial charge in [0.2, 0.25) is 0 Å². The molecule has 0 unspecified atom stereocenters. The van der Waals surface area contributed by atoms with Gasteiger partial charge in [0.05, 0.1) is 0 Å². The lowest BCUT2D eigenvalue weighted by Crippen LogP contribution is -2.47. The number of nitrogens with one attached hydrogen (secondary N) is 1. The molecule has 3 nitrogen and oxygen atoms in total. The Morgan fingerprint density at radius 2 is 1.96 bits per heavy atom. The van der Waals surface area contributed by atoms with E-state index < -0.39 is 5.92 Å². The molecule has 7 heteroatoms. The van der Waals surface area contributed by atoms with Gasteiger partial charge in [-0.05, 0) is 23.8 Å². The molecular weight excluding hydrogens is 325 g/mol. The molecule has 0 bridgehead atoms. The van der Waals surface area contributed by atoms with Crippen molar-refractivity contribution in [3.05, 3.63) is 35.6 Å². The second-order valence-corrected chi connectivity index (χ2v) is 6.68. The van der Waals surface area contributed by atoms with Crippen LogP contribution in [0.4, 0.5) is 18.0 Å². The second-order valence-electron chi connectivity index (χ2n) is 5.57. The lowest BCUT2D eigenvalue weighted by Gasteiger charge is -2.31. The first-order valence-corrected chi connectivity index (χ1v) is 8.85. The number of carbonyl (C=O) groups is 1. The SMILES string of the molecule is O=C(NCCCSCc1ccccc1F)N1CCC(F)(F)CC1. The zero-order chi connectivity index (χ0) is 16.7. The predicted molar refractivity (Wildman–Crippen MR) is 86.3 cm³/mol. The Balaban J connectivity index is 1.55. The fourth-order valence-corrected chi connectivity index (χ4v) is 3.26. The first kappa shape index (κ1) is 18.0. The molecule has 0 aliphatic carbocycles. The maximum Gasteiger partial charge on any atom is 0.317 e. The van der Waals surface area contributed by atoms with Crippen LogP contribution in [0, 0.1) is 5.82 Å². The summed E-state index contributed by atoms with van der Waals surface area (Å²) in [5.74, 6) is -1.44. The molecule has 2 rings (SSSR count). The van der Waals surface area contributed by atoms with E-state index in [-0.39, 0.29) is 37.8 Å². The van der Waals surface area contributed by atoms with Crippen molar-refractivity contribution in [1.82, 2.24) is 10.2 Å². The third kappa shape index (κ3) is 5.97. The van der Waals surface area contributed by atoms with Crippen molar-refractivity contribution in [1.29, 1.82) is 0 Å². The van der Waals surface area contributed by atoms with Gasteiger partial charge in [-0.25, -0.2) is 18.0 Å². The highest BCUT2D eigenvalue weighted by Gasteiger charge is 2.35. The topological polar surface area (TPSA) is 32.3 Å². The van der Waals surface area contributed by atoms with Gasteiger partial charge in [-0.2, -0.15) is 11.8 Å². The standard InChI is InChI=1S/C16H21F3N2OS/c17-14-5-2-1-4-13(14)12-23-11-3-8-20-15(22)21-9-6-16(18,19)7-10-21/h1-2,4-5H,3,6-12H2,(H,20,22). The van der Waals surface area contributed by atoms with Crippen molar-refractivity contribution in [2.75, 3.05) is 25.4 Å². The average molecular weight is 346 g/mol. The number of rotatable bonds is 6. The molecule has 0 aromatic heterocycles. The molecule has 2 amide bonds. The molecule has 128 valence electrons. The van der Waals surface area contributed by atoms with Crippen LogP contribution < -0.4 is 5.32 Å². The highest BCUT2D eigenvalue weighted by Crippen LogP contribution is 2.27. The van der Waals surface area contributed by atoms with Gasteiger partial charge in [-0.15, -0.1) is 0 Å². The van der Waals surface area contributed by atoms with Crippen LogP contribution in [-0.4, -0.2) is 42.2 Å². The van der Waals surface area contributed by atoms with Gasteiger partial charge in [-0.3, -0.25) is 0 Å². The van der Waals surface area contributed by atoms with Gasteiger partial charge in [0, 0.05) is 38.2 Å². The van der Waals surface area contributed by atoms with Crippen LogP contribution in [0.15, 0.2) is 24.3 Å². The lowest BCUT2D eigenvalue weighted by molar-refractivity contribution is -0.0469. The van der Waals surface area contributed by atoms with Crippen molar-refractivity contribution in [3.8, 4) is 0 Å². The van der Waals surface area contributed by atoms with Gasteiger partial charge >= 0.3 is 6.03 Å². The summed E-state index contributed by atoms with van der Waals surface area (Å²) in [6, 6.07) is 6.39. The number of urea groups is 1. The molecule has 0 saturated carbocycles. The zero-order valence-electron chi connectivity index (χ0n) is 12.9. The predicted octanol–water partition coefficient (Wildman–Crippen LogP) is 3.89. The van der Waals surface area contributed by atoms with Gasteiger partial charge in [0.15, 0.2) is 0 Å². The van der Waals surface area contributed by atoms with Crippen molar-refractivity contribution in [2.45, 2.75) is 30.9 Å². The van der Waals surface area contributed by atoms with Crippen LogP contribution in [0.5, 0.6) is 0 Å². The number of halogens is 3. The summed E-state index contributed by atoms with van der Waals surface area (Å²) in [6.07, 6.45) is 0.229. The summed E-state index contributed by atoms with van der Waals surface area (Å²) < 4.78 is 39.4. The molecule has 0 atom stereocenters. The summed E-state index contributed by atoms with van der Waals surface area (Å²) in [5.41, 5.74) is 0.677. The zero-order valence-corrected chi connectivity index (χ0v) is 13.7. The smallest absolute Gasteiger partial charge is 0.317 e. The fraction of sp³-hybridized carbons (Fsp3) is 0.562. The summed E-state index contributed by atoms with van der Waals surface area (Å²) in [6.45, 7) is 0.692. The normalized spacial score (nSPS) is 17.1. The summed E-state index contributed by atoms with van der Waals surface area (Å²) in [5, 5.41) is 2.74. The number of piperidine rings is 1. The minimum atomic E-state index is -2.64. The monoisotopic (exact) mass is 346 g/mol. The Hall–Kier alpha value is -1.37. The molecule has 1 aromatic carbocycles. The molecule has 1 heterocycles. The van der Waals surface area contributed by atoms with Crippen LogP contribution in [-0.2, 0) is 5.75 Å². The van der Waals surface area contributed by atoms with Crippen LogP contribution >= 0.6 is 11.8 Å². The van der Waals surface area contributed by atoms with Gasteiger partial charge in [0.25, 0.3) is 5.92 Å². The second kappa shape index (κ2) is 8.47. The first-order valence-electron chi connectivity index (χ1n) is 7.70. The average Bonchev–Trinajstić information content (AvgIpc) is 2.52. The van der Waals surface area contributed by atoms with Crippen LogP contribution in [0.3, 0.4) is 0 Å². The van der Waals surface area contributed by atoms with Crippen molar-refractivity contribution in [3.63, 3.8) is 0 Å². The maximum absolute atomic E-state index is 13.4. The molecule has 1 N–H and O–H groups in total.